The van der Waals surface area contributed by atoms with E-state index in [-0.39, 0.29) is 16.9 Å². The van der Waals surface area contributed by atoms with Crippen LogP contribution in [0.25, 0.3) is 0 Å². The van der Waals surface area contributed by atoms with Crippen molar-refractivity contribution in [2.45, 2.75) is 13.3 Å². The van der Waals surface area contributed by atoms with E-state index in [1.807, 2.05) is 31.2 Å². The van der Waals surface area contributed by atoms with E-state index >= 15 is 0 Å². The Kier molecular flexibility index (Phi) is 4.02. The number of hydrogen-bond acceptors (Lipinski definition) is 3. The number of benzene rings is 1. The van der Waals surface area contributed by atoms with E-state index in [9.17, 15) is 4.79 Å². The third kappa shape index (κ3) is 3.23. The number of halogens is 1. The summed E-state index contributed by atoms with van der Waals surface area (Å²) in [6.07, 6.45) is 0.843. The standard InChI is InChI=1S/C14H14ClN3O/c1-2-9-5-3-4-6-11(9)17-14(19)10-7-12(15)18-13(16)8-10/h3-8H,2H2,1H3,(H2,16,18)(H,17,19). The molecule has 1 aromatic carbocycles. The molecule has 0 fully saturated rings. The molecule has 19 heavy (non-hydrogen) atoms. The molecule has 0 spiro atoms. The highest BCUT2D eigenvalue weighted by atomic mass is 35.5. The number of aromatic nitrogens is 1. The van der Waals surface area contributed by atoms with Gasteiger partial charge in [0.1, 0.15) is 11.0 Å². The van der Waals surface area contributed by atoms with Gasteiger partial charge in [0.05, 0.1) is 0 Å². The molecule has 0 aliphatic heterocycles. The highest BCUT2D eigenvalue weighted by Crippen LogP contribution is 2.18. The Morgan fingerprint density at radius 3 is 2.79 bits per heavy atom. The lowest BCUT2D eigenvalue weighted by Crippen LogP contribution is -2.14. The topological polar surface area (TPSA) is 68.0 Å². The second kappa shape index (κ2) is 5.71. The molecule has 98 valence electrons. The van der Waals surface area contributed by atoms with Crippen LogP contribution in [0, 0.1) is 0 Å². The van der Waals surface area contributed by atoms with Crippen molar-refractivity contribution < 1.29 is 4.79 Å². The Morgan fingerprint density at radius 2 is 2.11 bits per heavy atom. The van der Waals surface area contributed by atoms with Gasteiger partial charge in [0, 0.05) is 11.3 Å². The number of nitrogen functional groups attached to an aromatic ring is 1. The molecule has 5 heteroatoms. The fourth-order valence-corrected chi connectivity index (χ4v) is 2.01. The molecule has 0 bridgehead atoms. The average Bonchev–Trinajstić information content (AvgIpc) is 2.38. The minimum absolute atomic E-state index is 0.203. The zero-order valence-corrected chi connectivity index (χ0v) is 11.2. The molecule has 4 nitrogen and oxygen atoms in total. The summed E-state index contributed by atoms with van der Waals surface area (Å²) in [5.41, 5.74) is 7.83. The van der Waals surface area contributed by atoms with Gasteiger partial charge in [0.25, 0.3) is 5.91 Å². The first kappa shape index (κ1) is 13.4. The summed E-state index contributed by atoms with van der Waals surface area (Å²) in [6, 6.07) is 10.6. The third-order valence-corrected chi connectivity index (χ3v) is 2.92. The monoisotopic (exact) mass is 275 g/mol. The van der Waals surface area contributed by atoms with E-state index in [0.29, 0.717) is 5.56 Å². The number of hydrogen-bond donors (Lipinski definition) is 2. The summed E-state index contributed by atoms with van der Waals surface area (Å²) in [7, 11) is 0. The van der Waals surface area contributed by atoms with Crippen LogP contribution in [0.2, 0.25) is 5.15 Å². The average molecular weight is 276 g/mol. The minimum Gasteiger partial charge on any atom is -0.384 e. The summed E-state index contributed by atoms with van der Waals surface area (Å²) < 4.78 is 0. The molecule has 2 rings (SSSR count). The molecule has 0 aliphatic carbocycles. The number of nitrogens with one attached hydrogen (secondary N) is 1. The first-order chi connectivity index (χ1) is 9.10. The SMILES string of the molecule is CCc1ccccc1NC(=O)c1cc(N)nc(Cl)c1. The van der Waals surface area contributed by atoms with Crippen LogP contribution in [0.4, 0.5) is 11.5 Å². The van der Waals surface area contributed by atoms with Gasteiger partial charge in [-0.3, -0.25) is 4.79 Å². The lowest BCUT2D eigenvalue weighted by molar-refractivity contribution is 0.102. The first-order valence-electron chi connectivity index (χ1n) is 5.92. The fourth-order valence-electron chi connectivity index (χ4n) is 1.79. The van der Waals surface area contributed by atoms with E-state index in [1.165, 1.54) is 12.1 Å². The number of nitrogens with two attached hydrogens (primary N) is 1. The van der Waals surface area contributed by atoms with Gasteiger partial charge < -0.3 is 11.1 Å². The van der Waals surface area contributed by atoms with Gasteiger partial charge in [-0.25, -0.2) is 4.98 Å². The second-order valence-corrected chi connectivity index (χ2v) is 4.46. The lowest BCUT2D eigenvalue weighted by Gasteiger charge is -2.10. The van der Waals surface area contributed by atoms with Crippen LogP contribution in [0.1, 0.15) is 22.8 Å². The van der Waals surface area contributed by atoms with Crippen molar-refractivity contribution in [1.82, 2.24) is 4.98 Å². The molecule has 0 saturated carbocycles. The number of pyridine rings is 1. The fraction of sp³-hybridized carbons (Fsp3) is 0.143. The first-order valence-corrected chi connectivity index (χ1v) is 6.30. The van der Waals surface area contributed by atoms with Gasteiger partial charge >= 0.3 is 0 Å². The van der Waals surface area contributed by atoms with Crippen LogP contribution in [0.15, 0.2) is 36.4 Å². The predicted molar refractivity (Wildman–Crippen MR) is 77.4 cm³/mol. The molecular weight excluding hydrogens is 262 g/mol. The van der Waals surface area contributed by atoms with Crippen molar-refractivity contribution in [3.8, 4) is 0 Å². The van der Waals surface area contributed by atoms with Crippen LogP contribution in [-0.2, 0) is 6.42 Å². The van der Waals surface area contributed by atoms with E-state index in [0.717, 1.165) is 17.7 Å². The zero-order chi connectivity index (χ0) is 13.8. The highest BCUT2D eigenvalue weighted by Gasteiger charge is 2.10. The van der Waals surface area contributed by atoms with Gasteiger partial charge in [-0.2, -0.15) is 0 Å². The Labute approximate surface area is 116 Å². The van der Waals surface area contributed by atoms with Crippen LogP contribution in [-0.4, -0.2) is 10.9 Å². The van der Waals surface area contributed by atoms with Crippen molar-refractivity contribution >= 4 is 29.0 Å². The van der Waals surface area contributed by atoms with E-state index < -0.39 is 0 Å². The Hall–Kier alpha value is -2.07. The van der Waals surface area contributed by atoms with Gasteiger partial charge in [-0.15, -0.1) is 0 Å². The predicted octanol–water partition coefficient (Wildman–Crippen LogP) is 3.13. The molecule has 0 atom stereocenters. The van der Waals surface area contributed by atoms with Crippen molar-refractivity contribution in [2.75, 3.05) is 11.1 Å². The number of amides is 1. The number of carbonyl (C=O) groups is 1. The molecule has 0 radical (unpaired) electrons. The Balaban J connectivity index is 2.25. The summed E-state index contributed by atoms with van der Waals surface area (Å²) in [4.78, 5) is 16.0. The molecular formula is C14H14ClN3O. The van der Waals surface area contributed by atoms with Gasteiger partial charge in [0.2, 0.25) is 0 Å². The van der Waals surface area contributed by atoms with Crippen molar-refractivity contribution in [2.24, 2.45) is 0 Å². The van der Waals surface area contributed by atoms with E-state index in [1.54, 1.807) is 0 Å². The second-order valence-electron chi connectivity index (χ2n) is 4.07. The maximum atomic E-state index is 12.1. The number of carbonyl (C=O) groups excluding carboxylic acids is 1. The highest BCUT2D eigenvalue weighted by molar-refractivity contribution is 6.30. The molecule has 2 aromatic rings. The van der Waals surface area contributed by atoms with E-state index in [4.69, 9.17) is 17.3 Å². The van der Waals surface area contributed by atoms with Crippen LogP contribution in [0.3, 0.4) is 0 Å². The lowest BCUT2D eigenvalue weighted by atomic mass is 10.1. The van der Waals surface area contributed by atoms with E-state index in [2.05, 4.69) is 10.3 Å². The van der Waals surface area contributed by atoms with Crippen LogP contribution in [0.5, 0.6) is 0 Å². The van der Waals surface area contributed by atoms with Crippen molar-refractivity contribution in [3.05, 3.63) is 52.7 Å². The summed E-state index contributed by atoms with van der Waals surface area (Å²) in [5, 5.41) is 3.05. The summed E-state index contributed by atoms with van der Waals surface area (Å²) >= 11 is 5.78. The van der Waals surface area contributed by atoms with Crippen LogP contribution >= 0.6 is 11.6 Å². The molecule has 1 aromatic heterocycles. The minimum atomic E-state index is -0.253. The summed E-state index contributed by atoms with van der Waals surface area (Å²) in [6.45, 7) is 2.03. The summed E-state index contributed by atoms with van der Waals surface area (Å²) in [5.74, 6) is -0.0293. The maximum Gasteiger partial charge on any atom is 0.255 e. The largest absolute Gasteiger partial charge is 0.384 e. The maximum absolute atomic E-state index is 12.1. The number of para-hydroxylation sites is 1. The molecule has 0 unspecified atom stereocenters. The number of aryl methyl sites for hydroxylation is 1. The smallest absolute Gasteiger partial charge is 0.255 e. The zero-order valence-electron chi connectivity index (χ0n) is 10.5. The normalized spacial score (nSPS) is 10.2. The van der Waals surface area contributed by atoms with Gasteiger partial charge in [-0.1, -0.05) is 36.7 Å². The Morgan fingerprint density at radius 1 is 1.37 bits per heavy atom. The quantitative estimate of drug-likeness (QED) is 0.846. The van der Waals surface area contributed by atoms with Crippen molar-refractivity contribution in [1.29, 1.82) is 0 Å². The molecule has 0 aliphatic rings. The molecule has 1 heterocycles. The molecule has 3 N–H and O–H groups in total. The third-order valence-electron chi connectivity index (χ3n) is 2.72. The number of anilines is 2. The van der Waals surface area contributed by atoms with Gasteiger partial charge in [0.15, 0.2) is 0 Å². The number of rotatable bonds is 3. The molecule has 1 amide bonds. The van der Waals surface area contributed by atoms with Gasteiger partial charge in [-0.05, 0) is 30.2 Å². The molecule has 0 saturated heterocycles. The van der Waals surface area contributed by atoms with Crippen LogP contribution < -0.4 is 11.1 Å². The Bertz CT molecular complexity index is 593. The number of nitrogens with zero attached hydrogens (tertiary/aromatic N) is 1. The van der Waals surface area contributed by atoms with Crippen molar-refractivity contribution in [3.63, 3.8) is 0 Å².